The first-order valence-electron chi connectivity index (χ1n) is 8.49. The second-order valence-electron chi connectivity index (χ2n) is 6.20. The van der Waals surface area contributed by atoms with Crippen molar-refractivity contribution in [2.45, 2.75) is 38.3 Å². The fraction of sp³-hybridized carbons (Fsp3) is 0.368. The van der Waals surface area contributed by atoms with E-state index in [1.54, 1.807) is 0 Å². The first-order chi connectivity index (χ1) is 11.8. The second-order valence-corrected chi connectivity index (χ2v) is 7.44. The highest BCUT2D eigenvalue weighted by Crippen LogP contribution is 2.29. The highest BCUT2D eigenvalue weighted by Gasteiger charge is 2.21. The Bertz CT molecular complexity index is 825. The monoisotopic (exact) mass is 433 g/mol. The van der Waals surface area contributed by atoms with Crippen LogP contribution in [-0.2, 0) is 17.6 Å². The van der Waals surface area contributed by atoms with Crippen molar-refractivity contribution < 1.29 is 4.74 Å². The van der Waals surface area contributed by atoms with Gasteiger partial charge in [0.05, 0.1) is 11.2 Å². The smallest absolute Gasteiger partial charge is 0.150 e. The van der Waals surface area contributed by atoms with Crippen LogP contribution in [0.25, 0.3) is 10.9 Å². The molecule has 1 aliphatic rings. The SMILES string of the molecule is Ic1ccc2c(CCc3ccccn3)nn(C3CCCCO3)c2c1. The summed E-state index contributed by atoms with van der Waals surface area (Å²) in [6.45, 7) is 0.833. The van der Waals surface area contributed by atoms with Gasteiger partial charge >= 0.3 is 0 Å². The van der Waals surface area contributed by atoms with Gasteiger partial charge in [0.25, 0.3) is 0 Å². The topological polar surface area (TPSA) is 39.9 Å². The van der Waals surface area contributed by atoms with E-state index in [0.29, 0.717) is 0 Å². The molecule has 4 nitrogen and oxygen atoms in total. The molecule has 0 bridgehead atoms. The van der Waals surface area contributed by atoms with Gasteiger partial charge in [-0.05, 0) is 85.0 Å². The number of ether oxygens (including phenoxy) is 1. The number of hydrogen-bond donors (Lipinski definition) is 0. The maximum atomic E-state index is 5.97. The Hall–Kier alpha value is -1.47. The van der Waals surface area contributed by atoms with Gasteiger partial charge in [0.1, 0.15) is 0 Å². The molecule has 1 unspecified atom stereocenters. The third kappa shape index (κ3) is 3.32. The number of hydrogen-bond acceptors (Lipinski definition) is 3. The maximum absolute atomic E-state index is 5.97. The summed E-state index contributed by atoms with van der Waals surface area (Å²) in [6, 6.07) is 12.6. The van der Waals surface area contributed by atoms with Gasteiger partial charge in [-0.15, -0.1) is 0 Å². The third-order valence-electron chi connectivity index (χ3n) is 4.52. The molecule has 124 valence electrons. The summed E-state index contributed by atoms with van der Waals surface area (Å²) in [7, 11) is 0. The quantitative estimate of drug-likeness (QED) is 0.569. The van der Waals surface area contributed by atoms with E-state index in [4.69, 9.17) is 9.84 Å². The first kappa shape index (κ1) is 16.0. The number of pyridine rings is 1. The molecule has 2 aromatic heterocycles. The second kappa shape index (κ2) is 7.19. The molecule has 0 spiro atoms. The predicted octanol–water partition coefficient (Wildman–Crippen LogP) is 4.52. The fourth-order valence-corrected chi connectivity index (χ4v) is 3.76. The van der Waals surface area contributed by atoms with E-state index in [2.05, 4.69) is 56.5 Å². The summed E-state index contributed by atoms with van der Waals surface area (Å²) in [5.74, 6) is 0. The number of fused-ring (bicyclic) bond motifs is 1. The van der Waals surface area contributed by atoms with Crippen LogP contribution in [0.1, 0.15) is 36.9 Å². The number of rotatable bonds is 4. The maximum Gasteiger partial charge on any atom is 0.150 e. The van der Waals surface area contributed by atoms with Gasteiger partial charge in [-0.1, -0.05) is 6.07 Å². The molecule has 1 saturated heterocycles. The van der Waals surface area contributed by atoms with E-state index in [1.807, 2.05) is 18.3 Å². The zero-order valence-corrected chi connectivity index (χ0v) is 15.6. The van der Waals surface area contributed by atoms with E-state index in [-0.39, 0.29) is 6.23 Å². The molecule has 0 saturated carbocycles. The number of nitrogens with zero attached hydrogens (tertiary/aromatic N) is 3. The van der Waals surface area contributed by atoms with Crippen LogP contribution in [0.4, 0.5) is 0 Å². The van der Waals surface area contributed by atoms with Crippen LogP contribution in [0, 0.1) is 3.57 Å². The minimum Gasteiger partial charge on any atom is -0.356 e. The number of halogens is 1. The molecule has 3 heterocycles. The van der Waals surface area contributed by atoms with E-state index in [9.17, 15) is 0 Å². The summed E-state index contributed by atoms with van der Waals surface area (Å²) in [6.07, 6.45) is 7.13. The fourth-order valence-electron chi connectivity index (χ4n) is 3.29. The van der Waals surface area contributed by atoms with Crippen molar-refractivity contribution in [1.82, 2.24) is 14.8 Å². The normalized spacial score (nSPS) is 18.1. The van der Waals surface area contributed by atoms with Gasteiger partial charge in [0, 0.05) is 27.5 Å². The highest BCUT2D eigenvalue weighted by atomic mass is 127. The van der Waals surface area contributed by atoms with Crippen LogP contribution in [0.3, 0.4) is 0 Å². The van der Waals surface area contributed by atoms with Crippen molar-refractivity contribution in [3.63, 3.8) is 0 Å². The molecule has 1 aromatic carbocycles. The van der Waals surface area contributed by atoms with Crippen molar-refractivity contribution in [1.29, 1.82) is 0 Å². The van der Waals surface area contributed by atoms with Gasteiger partial charge in [-0.25, -0.2) is 4.68 Å². The lowest BCUT2D eigenvalue weighted by Crippen LogP contribution is -2.19. The Kier molecular flexibility index (Phi) is 4.80. The van der Waals surface area contributed by atoms with E-state index in [1.165, 1.54) is 20.9 Å². The van der Waals surface area contributed by atoms with Gasteiger partial charge in [-0.2, -0.15) is 5.10 Å². The lowest BCUT2D eigenvalue weighted by molar-refractivity contribution is -0.0368. The van der Waals surface area contributed by atoms with Gasteiger partial charge in [-0.3, -0.25) is 4.98 Å². The van der Waals surface area contributed by atoms with Crippen LogP contribution < -0.4 is 0 Å². The Morgan fingerprint density at radius 3 is 2.92 bits per heavy atom. The van der Waals surface area contributed by atoms with E-state index < -0.39 is 0 Å². The van der Waals surface area contributed by atoms with Crippen molar-refractivity contribution >= 4 is 33.5 Å². The minimum absolute atomic E-state index is 0.0723. The average Bonchev–Trinajstić information content (AvgIpc) is 2.99. The minimum atomic E-state index is 0.0723. The van der Waals surface area contributed by atoms with E-state index >= 15 is 0 Å². The number of aryl methyl sites for hydroxylation is 2. The molecule has 4 rings (SSSR count). The lowest BCUT2D eigenvalue weighted by atomic mass is 10.1. The van der Waals surface area contributed by atoms with Crippen LogP contribution in [0.2, 0.25) is 0 Å². The van der Waals surface area contributed by atoms with Crippen molar-refractivity contribution in [2.24, 2.45) is 0 Å². The van der Waals surface area contributed by atoms with Crippen molar-refractivity contribution in [3.8, 4) is 0 Å². The zero-order chi connectivity index (χ0) is 16.4. The summed E-state index contributed by atoms with van der Waals surface area (Å²) in [5.41, 5.74) is 3.44. The highest BCUT2D eigenvalue weighted by molar-refractivity contribution is 14.1. The molecule has 1 atom stereocenters. The Labute approximate surface area is 155 Å². The lowest BCUT2D eigenvalue weighted by Gasteiger charge is -2.23. The summed E-state index contributed by atoms with van der Waals surface area (Å²) >= 11 is 2.36. The van der Waals surface area contributed by atoms with Crippen LogP contribution >= 0.6 is 22.6 Å². The van der Waals surface area contributed by atoms with Crippen molar-refractivity contribution in [2.75, 3.05) is 6.61 Å². The summed E-state index contributed by atoms with van der Waals surface area (Å²) in [4.78, 5) is 4.42. The standard InChI is InChI=1S/C19H20IN3O/c20-14-7-9-16-17(10-8-15-5-1-3-11-21-15)22-23(18(16)13-14)19-6-2-4-12-24-19/h1,3,5,7,9,11,13,19H,2,4,6,8,10,12H2. The third-order valence-corrected chi connectivity index (χ3v) is 5.19. The zero-order valence-electron chi connectivity index (χ0n) is 13.5. The molecule has 1 aliphatic heterocycles. The molecule has 0 N–H and O–H groups in total. The number of aromatic nitrogens is 3. The largest absolute Gasteiger partial charge is 0.356 e. The summed E-state index contributed by atoms with van der Waals surface area (Å²) < 4.78 is 9.31. The predicted molar refractivity (Wildman–Crippen MR) is 103 cm³/mol. The average molecular weight is 433 g/mol. The molecule has 0 aliphatic carbocycles. The van der Waals surface area contributed by atoms with Crippen molar-refractivity contribution in [3.05, 3.63) is 57.6 Å². The molecule has 0 amide bonds. The molecule has 0 radical (unpaired) electrons. The van der Waals surface area contributed by atoms with Crippen LogP contribution in [-0.4, -0.2) is 21.4 Å². The van der Waals surface area contributed by atoms with Gasteiger partial charge in [0.15, 0.2) is 6.23 Å². The molecule has 3 aromatic rings. The number of benzene rings is 1. The van der Waals surface area contributed by atoms with Crippen LogP contribution in [0.5, 0.6) is 0 Å². The molecule has 1 fully saturated rings. The first-order valence-corrected chi connectivity index (χ1v) is 9.57. The summed E-state index contributed by atoms with van der Waals surface area (Å²) in [5, 5.41) is 6.17. The van der Waals surface area contributed by atoms with E-state index in [0.717, 1.165) is 43.7 Å². The molecule has 24 heavy (non-hydrogen) atoms. The van der Waals surface area contributed by atoms with Crippen LogP contribution in [0.15, 0.2) is 42.6 Å². The Morgan fingerprint density at radius 1 is 1.17 bits per heavy atom. The van der Waals surface area contributed by atoms with Gasteiger partial charge < -0.3 is 4.74 Å². The molecule has 5 heteroatoms. The van der Waals surface area contributed by atoms with Gasteiger partial charge in [0.2, 0.25) is 0 Å². The molecular weight excluding hydrogens is 413 g/mol. The molecular formula is C19H20IN3O. The Morgan fingerprint density at radius 2 is 2.12 bits per heavy atom. The Balaban J connectivity index is 1.67.